The maximum atomic E-state index is 12.5. The van der Waals surface area contributed by atoms with E-state index in [0.717, 1.165) is 48.8 Å². The summed E-state index contributed by atoms with van der Waals surface area (Å²) in [6, 6.07) is 5.19. The van der Waals surface area contributed by atoms with Crippen molar-refractivity contribution in [2.45, 2.75) is 149 Å². The van der Waals surface area contributed by atoms with Gasteiger partial charge in [-0.15, -0.1) is 0 Å². The van der Waals surface area contributed by atoms with Crippen molar-refractivity contribution in [3.8, 4) is 11.5 Å². The molecule has 1 fully saturated rings. The van der Waals surface area contributed by atoms with Gasteiger partial charge in [-0.25, -0.2) is 4.79 Å². The number of aryl methyl sites for hydroxylation is 1. The predicted molar refractivity (Wildman–Crippen MR) is 179 cm³/mol. The molecule has 0 aliphatic carbocycles. The second-order valence-electron chi connectivity index (χ2n) is 15.2. The Morgan fingerprint density at radius 1 is 0.938 bits per heavy atom. The van der Waals surface area contributed by atoms with Crippen molar-refractivity contribution in [2.24, 2.45) is 17.8 Å². The molecule has 3 aliphatic rings. The maximum absolute atomic E-state index is 12.5. The predicted octanol–water partition coefficient (Wildman–Crippen LogP) is 7.89. The summed E-state index contributed by atoms with van der Waals surface area (Å²) < 4.78 is 33.0. The van der Waals surface area contributed by atoms with Crippen molar-refractivity contribution in [3.63, 3.8) is 0 Å². The summed E-state index contributed by atoms with van der Waals surface area (Å²) in [6.07, 6.45) is 10.2. The molecule has 10 nitrogen and oxygen atoms in total. The maximum Gasteiger partial charge on any atom is 0.378 e. The fourth-order valence-electron chi connectivity index (χ4n) is 6.71. The molecule has 1 aromatic rings. The monoisotopic (exact) mass is 672 g/mol. The van der Waals surface area contributed by atoms with Crippen LogP contribution in [0.3, 0.4) is 0 Å². The lowest BCUT2D eigenvalue weighted by molar-refractivity contribution is -0.164. The van der Waals surface area contributed by atoms with Gasteiger partial charge in [-0.05, 0) is 88.0 Å². The number of benzene rings is 1. The van der Waals surface area contributed by atoms with Crippen LogP contribution in [0.25, 0.3) is 0 Å². The van der Waals surface area contributed by atoms with Crippen LogP contribution in [-0.2, 0) is 39.8 Å². The highest BCUT2D eigenvalue weighted by Crippen LogP contribution is 2.38. The molecule has 0 bridgehead atoms. The quantitative estimate of drug-likeness (QED) is 0.0991. The van der Waals surface area contributed by atoms with Gasteiger partial charge in [0, 0.05) is 0 Å². The number of fused-ring (bicyclic) bond motifs is 1. The van der Waals surface area contributed by atoms with Crippen LogP contribution in [0.1, 0.15) is 125 Å². The first-order chi connectivity index (χ1) is 22.6. The number of aliphatic hydroxyl groups is 1. The number of aliphatic hydroxyl groups excluding tert-OH is 1. The second-order valence-corrected chi connectivity index (χ2v) is 15.2. The van der Waals surface area contributed by atoms with Gasteiger partial charge in [0.15, 0.2) is 17.7 Å². The third-order valence-corrected chi connectivity index (χ3v) is 9.61. The van der Waals surface area contributed by atoms with Crippen molar-refractivity contribution >= 4 is 17.9 Å². The van der Waals surface area contributed by atoms with Crippen LogP contribution in [0.4, 0.5) is 0 Å². The summed E-state index contributed by atoms with van der Waals surface area (Å²) in [5, 5.41) is 10.5. The van der Waals surface area contributed by atoms with E-state index in [2.05, 4.69) is 34.6 Å². The van der Waals surface area contributed by atoms with Crippen LogP contribution < -0.4 is 9.47 Å². The van der Waals surface area contributed by atoms with Crippen molar-refractivity contribution in [1.82, 2.24) is 0 Å². The third kappa shape index (κ3) is 11.0. The molecule has 48 heavy (non-hydrogen) atoms. The number of hydrogen-bond acceptors (Lipinski definition) is 10. The van der Waals surface area contributed by atoms with E-state index in [0.29, 0.717) is 5.92 Å². The summed E-state index contributed by atoms with van der Waals surface area (Å²) >= 11 is 0. The molecule has 10 heteroatoms. The second kappa shape index (κ2) is 16.5. The molecule has 0 saturated carbocycles. The van der Waals surface area contributed by atoms with E-state index in [-0.39, 0.29) is 18.0 Å². The molecule has 1 N–H and O–H groups in total. The minimum atomic E-state index is -1.18. The van der Waals surface area contributed by atoms with Crippen molar-refractivity contribution in [1.29, 1.82) is 0 Å². The van der Waals surface area contributed by atoms with Gasteiger partial charge >= 0.3 is 17.9 Å². The van der Waals surface area contributed by atoms with Gasteiger partial charge in [0.1, 0.15) is 29.6 Å². The van der Waals surface area contributed by atoms with E-state index in [1.165, 1.54) is 44.9 Å². The molecule has 5 atom stereocenters. The number of cyclic esters (lactones) is 1. The fourth-order valence-corrected chi connectivity index (χ4v) is 6.71. The zero-order valence-corrected chi connectivity index (χ0v) is 29.9. The Balaban J connectivity index is 1.17. The highest BCUT2D eigenvalue weighted by molar-refractivity contribution is 5.97. The molecule has 0 radical (unpaired) electrons. The zero-order valence-electron chi connectivity index (χ0n) is 29.9. The van der Waals surface area contributed by atoms with Crippen molar-refractivity contribution in [2.75, 3.05) is 6.61 Å². The molecular formula is C38H56O10. The SMILES string of the molecule is CC(C)CCC[C@@H](C)CCC[C@@H](C)CCC[C@]1(C)CCc2cc(OC(=O)CC(=O)OC3=C(O)[C@@H](C4COC(C)(C)O4)OC3=O)ccc2O1. The van der Waals surface area contributed by atoms with Gasteiger partial charge in [0.2, 0.25) is 0 Å². The molecule has 4 rings (SSSR count). The highest BCUT2D eigenvalue weighted by Gasteiger charge is 2.47. The van der Waals surface area contributed by atoms with E-state index in [9.17, 15) is 19.5 Å². The Bertz CT molecular complexity index is 1320. The average molecular weight is 673 g/mol. The molecule has 1 saturated heterocycles. The molecule has 1 aromatic carbocycles. The minimum Gasteiger partial charge on any atom is -0.505 e. The van der Waals surface area contributed by atoms with E-state index < -0.39 is 53.8 Å². The molecule has 1 unspecified atom stereocenters. The van der Waals surface area contributed by atoms with Crippen LogP contribution in [0.2, 0.25) is 0 Å². The minimum absolute atomic E-state index is 0.0748. The molecule has 3 aliphatic heterocycles. The van der Waals surface area contributed by atoms with E-state index in [4.69, 9.17) is 28.4 Å². The lowest BCUT2D eigenvalue weighted by Gasteiger charge is -2.36. The van der Waals surface area contributed by atoms with Crippen LogP contribution in [-0.4, -0.2) is 53.2 Å². The normalized spacial score (nSPS) is 24.5. The molecule has 0 amide bonds. The van der Waals surface area contributed by atoms with Crippen LogP contribution >= 0.6 is 0 Å². The fraction of sp³-hybridized carbons (Fsp3) is 0.711. The molecule has 0 aromatic heterocycles. The average Bonchev–Trinajstić information content (AvgIpc) is 3.49. The Morgan fingerprint density at radius 2 is 1.58 bits per heavy atom. The lowest BCUT2D eigenvalue weighted by atomic mass is 9.86. The number of esters is 3. The van der Waals surface area contributed by atoms with Gasteiger partial charge in [-0.3, -0.25) is 9.59 Å². The molecule has 268 valence electrons. The number of rotatable bonds is 17. The van der Waals surface area contributed by atoms with E-state index >= 15 is 0 Å². The zero-order chi connectivity index (χ0) is 35.1. The highest BCUT2D eigenvalue weighted by atomic mass is 16.8. The topological polar surface area (TPSA) is 127 Å². The van der Waals surface area contributed by atoms with Gasteiger partial charge in [0.25, 0.3) is 5.76 Å². The Morgan fingerprint density at radius 3 is 2.23 bits per heavy atom. The largest absolute Gasteiger partial charge is 0.505 e. The Kier molecular flexibility index (Phi) is 13.0. The number of ether oxygens (including phenoxy) is 6. The van der Waals surface area contributed by atoms with Gasteiger partial charge < -0.3 is 33.5 Å². The first kappa shape index (κ1) is 37.7. The van der Waals surface area contributed by atoms with Gasteiger partial charge in [0.05, 0.1) is 6.61 Å². The Labute approximate surface area is 285 Å². The molecule has 0 spiro atoms. The van der Waals surface area contributed by atoms with Gasteiger partial charge in [-0.2, -0.15) is 0 Å². The smallest absolute Gasteiger partial charge is 0.378 e. The van der Waals surface area contributed by atoms with E-state index in [1.54, 1.807) is 32.0 Å². The first-order valence-electron chi connectivity index (χ1n) is 17.8. The standard InChI is InChI=1S/C38H56O10/c1-24(2)11-8-12-25(3)13-9-14-26(4)15-10-19-38(7)20-18-27-21-28(16-17-29(27)48-38)44-31(39)22-32(40)45-35-33(41)34(46-36(35)42)30-23-43-37(5,6)47-30/h16-17,21,24-26,30,34,41H,8-15,18-20,22-23H2,1-7H3/t25-,26-,30?,34-,38-/m1/s1. The van der Waals surface area contributed by atoms with Crippen LogP contribution in [0, 0.1) is 17.8 Å². The number of carbonyl (C=O) groups is 3. The lowest BCUT2D eigenvalue weighted by Crippen LogP contribution is -2.36. The van der Waals surface area contributed by atoms with Crippen molar-refractivity contribution in [3.05, 3.63) is 35.3 Å². The number of hydrogen-bond donors (Lipinski definition) is 1. The molecule has 3 heterocycles. The van der Waals surface area contributed by atoms with Gasteiger partial charge in [-0.1, -0.05) is 72.6 Å². The molecular weight excluding hydrogens is 616 g/mol. The van der Waals surface area contributed by atoms with Crippen LogP contribution in [0.5, 0.6) is 11.5 Å². The third-order valence-electron chi connectivity index (χ3n) is 9.61. The summed E-state index contributed by atoms with van der Waals surface area (Å²) in [7, 11) is 0. The van der Waals surface area contributed by atoms with Crippen molar-refractivity contribution < 1.29 is 47.9 Å². The first-order valence-corrected chi connectivity index (χ1v) is 17.8. The van der Waals surface area contributed by atoms with E-state index in [1.807, 2.05) is 0 Å². The van der Waals surface area contributed by atoms with Crippen LogP contribution in [0.15, 0.2) is 29.7 Å². The summed E-state index contributed by atoms with van der Waals surface area (Å²) in [5.41, 5.74) is 0.695. The summed E-state index contributed by atoms with van der Waals surface area (Å²) in [4.78, 5) is 37.2. The number of carbonyl (C=O) groups excluding carboxylic acids is 3. The summed E-state index contributed by atoms with van der Waals surface area (Å²) in [6.45, 7) is 15.0. The summed E-state index contributed by atoms with van der Waals surface area (Å²) in [5.74, 6) is -1.75. The Hall–Kier alpha value is -3.11.